The molecule has 1 fully saturated rings. The van der Waals surface area contributed by atoms with Crippen molar-refractivity contribution in [2.75, 3.05) is 13.7 Å². The van der Waals surface area contributed by atoms with Crippen molar-refractivity contribution in [3.8, 4) is 16.9 Å². The SMILES string of the molecule is C=C(/C=C/C1CCC(c2ccc(-c3ccc(OC)cc3)c(F)c2F)CC1)/C(F)=C(/F)C(=C)OCC. The van der Waals surface area contributed by atoms with Crippen molar-refractivity contribution < 1.29 is 27.0 Å². The molecule has 6 heteroatoms. The minimum absolute atomic E-state index is 0.104. The lowest BCUT2D eigenvalue weighted by Crippen LogP contribution is -2.13. The third-order valence-electron chi connectivity index (χ3n) is 6.33. The number of hydrogen-bond acceptors (Lipinski definition) is 2. The summed E-state index contributed by atoms with van der Waals surface area (Å²) in [6.45, 7) is 8.76. The molecule has 3 rings (SSSR count). The Morgan fingerprint density at radius 3 is 2.20 bits per heavy atom. The average Bonchev–Trinajstić information content (AvgIpc) is 2.88. The van der Waals surface area contributed by atoms with Crippen molar-refractivity contribution in [3.63, 3.8) is 0 Å². The van der Waals surface area contributed by atoms with Crippen LogP contribution in [0.25, 0.3) is 11.1 Å². The van der Waals surface area contributed by atoms with Crippen LogP contribution in [0.15, 0.2) is 84.7 Å². The summed E-state index contributed by atoms with van der Waals surface area (Å²) >= 11 is 0. The lowest BCUT2D eigenvalue weighted by atomic mass is 9.78. The van der Waals surface area contributed by atoms with Gasteiger partial charge in [-0.25, -0.2) is 13.2 Å². The fourth-order valence-electron chi connectivity index (χ4n) is 4.32. The molecule has 0 aliphatic heterocycles. The molecule has 1 aliphatic rings. The molecule has 0 spiro atoms. The number of methoxy groups -OCH3 is 1. The Kier molecular flexibility index (Phi) is 8.96. The summed E-state index contributed by atoms with van der Waals surface area (Å²) in [5.41, 5.74) is 1.05. The molecule has 186 valence electrons. The molecule has 0 saturated heterocycles. The minimum Gasteiger partial charge on any atom is -0.497 e. The molecule has 2 aromatic rings. The summed E-state index contributed by atoms with van der Waals surface area (Å²) in [5, 5.41) is 0. The van der Waals surface area contributed by atoms with Gasteiger partial charge in [0, 0.05) is 11.1 Å². The number of hydrogen-bond donors (Lipinski definition) is 0. The average molecular weight is 487 g/mol. The monoisotopic (exact) mass is 486 g/mol. The minimum atomic E-state index is -1.17. The molecule has 2 aromatic carbocycles. The van der Waals surface area contributed by atoms with Crippen molar-refractivity contribution >= 4 is 0 Å². The molecule has 2 nitrogen and oxygen atoms in total. The molecule has 0 N–H and O–H groups in total. The molecule has 0 heterocycles. The quantitative estimate of drug-likeness (QED) is 0.200. The predicted octanol–water partition coefficient (Wildman–Crippen LogP) is 8.73. The van der Waals surface area contributed by atoms with Crippen LogP contribution in [-0.2, 0) is 4.74 Å². The van der Waals surface area contributed by atoms with Crippen LogP contribution < -0.4 is 4.74 Å². The Bertz CT molecular complexity index is 1120. The van der Waals surface area contributed by atoms with E-state index in [4.69, 9.17) is 9.47 Å². The van der Waals surface area contributed by atoms with Crippen molar-refractivity contribution in [1.29, 1.82) is 0 Å². The van der Waals surface area contributed by atoms with Gasteiger partial charge in [-0.3, -0.25) is 0 Å². The molecule has 35 heavy (non-hydrogen) atoms. The first-order valence-corrected chi connectivity index (χ1v) is 11.6. The standard InChI is InChI=1S/C29H30F4O2/c1-5-35-19(3)27(31)26(30)18(2)6-7-20-8-10-21(11-9-20)24-16-17-25(29(33)28(24)32)22-12-14-23(34-4)15-13-22/h6-7,12-17,20-21H,2-3,5,8-11H2,1,4H3/b7-6+,27-26-. The zero-order valence-electron chi connectivity index (χ0n) is 20.1. The van der Waals surface area contributed by atoms with Gasteiger partial charge in [0.25, 0.3) is 0 Å². The Morgan fingerprint density at radius 2 is 1.60 bits per heavy atom. The van der Waals surface area contributed by atoms with Crippen molar-refractivity contribution in [2.24, 2.45) is 5.92 Å². The van der Waals surface area contributed by atoms with Gasteiger partial charge in [0.05, 0.1) is 13.7 Å². The van der Waals surface area contributed by atoms with E-state index in [0.29, 0.717) is 29.7 Å². The summed E-state index contributed by atoms with van der Waals surface area (Å²) in [7, 11) is 1.54. The Balaban J connectivity index is 1.64. The van der Waals surface area contributed by atoms with Crippen LogP contribution in [0.2, 0.25) is 0 Å². The van der Waals surface area contributed by atoms with E-state index in [-0.39, 0.29) is 35.3 Å². The summed E-state index contributed by atoms with van der Waals surface area (Å²) in [6.07, 6.45) is 5.99. The van der Waals surface area contributed by atoms with E-state index in [1.807, 2.05) is 0 Å². The van der Waals surface area contributed by atoms with Crippen LogP contribution in [0.5, 0.6) is 5.75 Å². The zero-order valence-corrected chi connectivity index (χ0v) is 20.1. The molecule has 0 unspecified atom stereocenters. The lowest BCUT2D eigenvalue weighted by Gasteiger charge is -2.27. The molecular weight excluding hydrogens is 456 g/mol. The fourth-order valence-corrected chi connectivity index (χ4v) is 4.32. The highest BCUT2D eigenvalue weighted by Crippen LogP contribution is 2.39. The van der Waals surface area contributed by atoms with Gasteiger partial charge >= 0.3 is 0 Å². The van der Waals surface area contributed by atoms with E-state index in [1.165, 1.54) is 6.08 Å². The number of ether oxygens (including phenoxy) is 2. The van der Waals surface area contributed by atoms with Crippen LogP contribution in [0.1, 0.15) is 44.1 Å². The molecule has 1 aliphatic carbocycles. The first-order valence-electron chi connectivity index (χ1n) is 11.6. The van der Waals surface area contributed by atoms with E-state index < -0.39 is 23.3 Å². The third kappa shape index (κ3) is 6.24. The predicted molar refractivity (Wildman–Crippen MR) is 131 cm³/mol. The van der Waals surface area contributed by atoms with Gasteiger partial charge in [0.15, 0.2) is 23.2 Å². The smallest absolute Gasteiger partial charge is 0.200 e. The van der Waals surface area contributed by atoms with Crippen LogP contribution in [0.3, 0.4) is 0 Å². The van der Waals surface area contributed by atoms with Gasteiger partial charge in [-0.15, -0.1) is 0 Å². The normalized spacial score (nSPS) is 18.8. The van der Waals surface area contributed by atoms with Gasteiger partial charge in [0.1, 0.15) is 5.75 Å². The summed E-state index contributed by atoms with van der Waals surface area (Å²) < 4.78 is 68.1. The molecule has 0 aromatic heterocycles. The van der Waals surface area contributed by atoms with E-state index in [2.05, 4.69) is 13.2 Å². The zero-order chi connectivity index (χ0) is 25.5. The van der Waals surface area contributed by atoms with Gasteiger partial charge < -0.3 is 9.47 Å². The second kappa shape index (κ2) is 11.9. The number of benzene rings is 2. The molecule has 0 atom stereocenters. The largest absolute Gasteiger partial charge is 0.497 e. The maximum absolute atomic E-state index is 15.0. The highest BCUT2D eigenvalue weighted by atomic mass is 19.2. The number of halogens is 4. The summed E-state index contributed by atoms with van der Waals surface area (Å²) in [4.78, 5) is 0. The van der Waals surface area contributed by atoms with Gasteiger partial charge in [-0.1, -0.05) is 49.6 Å². The first-order chi connectivity index (χ1) is 16.8. The molecule has 0 radical (unpaired) electrons. The lowest BCUT2D eigenvalue weighted by molar-refractivity contribution is 0.224. The molecule has 1 saturated carbocycles. The second-order valence-electron chi connectivity index (χ2n) is 8.54. The maximum atomic E-state index is 15.0. The van der Waals surface area contributed by atoms with E-state index in [0.717, 1.165) is 12.8 Å². The Labute approximate surface area is 204 Å². The summed E-state index contributed by atoms with van der Waals surface area (Å²) in [5.74, 6) is -3.67. The van der Waals surface area contributed by atoms with Gasteiger partial charge in [0.2, 0.25) is 5.83 Å². The topological polar surface area (TPSA) is 18.5 Å². The van der Waals surface area contributed by atoms with Crippen molar-refractivity contribution in [2.45, 2.75) is 38.5 Å². The molecular formula is C29H30F4O2. The number of rotatable bonds is 9. The first kappa shape index (κ1) is 26.3. The van der Waals surface area contributed by atoms with Crippen molar-refractivity contribution in [1.82, 2.24) is 0 Å². The van der Waals surface area contributed by atoms with Gasteiger partial charge in [-0.2, -0.15) is 4.39 Å². The second-order valence-corrected chi connectivity index (χ2v) is 8.54. The van der Waals surface area contributed by atoms with Crippen molar-refractivity contribution in [3.05, 3.63) is 102 Å². The van der Waals surface area contributed by atoms with Crippen LogP contribution in [0, 0.1) is 17.6 Å². The van der Waals surface area contributed by atoms with Crippen LogP contribution in [-0.4, -0.2) is 13.7 Å². The van der Waals surface area contributed by atoms with Crippen LogP contribution in [0.4, 0.5) is 17.6 Å². The van der Waals surface area contributed by atoms with E-state index >= 15 is 0 Å². The Hall–Kier alpha value is -3.28. The highest BCUT2D eigenvalue weighted by molar-refractivity contribution is 5.65. The highest BCUT2D eigenvalue weighted by Gasteiger charge is 2.26. The fraction of sp³-hybridized carbons (Fsp3) is 0.310. The third-order valence-corrected chi connectivity index (χ3v) is 6.33. The molecule has 0 amide bonds. The van der Waals surface area contributed by atoms with Crippen LogP contribution >= 0.6 is 0 Å². The summed E-state index contributed by atoms with van der Waals surface area (Å²) in [6, 6.07) is 10.1. The molecule has 0 bridgehead atoms. The van der Waals surface area contributed by atoms with E-state index in [1.54, 1.807) is 56.5 Å². The number of allylic oxidation sites excluding steroid dienone is 5. The Morgan fingerprint density at radius 1 is 0.943 bits per heavy atom. The maximum Gasteiger partial charge on any atom is 0.200 e. The van der Waals surface area contributed by atoms with Gasteiger partial charge in [-0.05, 0) is 67.7 Å². The van der Waals surface area contributed by atoms with E-state index in [9.17, 15) is 17.6 Å².